The highest BCUT2D eigenvalue weighted by molar-refractivity contribution is 6.29. The summed E-state index contributed by atoms with van der Waals surface area (Å²) >= 11 is 5.78. The fourth-order valence-electron chi connectivity index (χ4n) is 1.46. The molecule has 0 unspecified atom stereocenters. The van der Waals surface area contributed by atoms with E-state index in [-0.39, 0.29) is 16.7 Å². The fraction of sp³-hybridized carbons (Fsp3) is 0.167. The van der Waals surface area contributed by atoms with E-state index in [1.54, 1.807) is 0 Å². The van der Waals surface area contributed by atoms with E-state index in [1.165, 1.54) is 6.07 Å². The first-order valence-corrected chi connectivity index (χ1v) is 5.82. The Morgan fingerprint density at radius 2 is 1.74 bits per heavy atom. The number of hydrogen-bond donors (Lipinski definition) is 1. The molecule has 7 heteroatoms. The van der Waals surface area contributed by atoms with Crippen molar-refractivity contribution in [1.29, 1.82) is 0 Å². The molecule has 2 aromatic rings. The molecule has 1 N–H and O–H groups in total. The standard InChI is InChI=1S/C12H9ClF3N3/c1-2-10-18-9(13)5-11(19-10)17-6-3-7(14)12(16)8(15)4-6/h3-5H,2H2,1H3,(H,17,18,19). The van der Waals surface area contributed by atoms with Crippen molar-refractivity contribution in [2.45, 2.75) is 13.3 Å². The van der Waals surface area contributed by atoms with Gasteiger partial charge in [0.05, 0.1) is 0 Å². The molecule has 2 rings (SSSR count). The van der Waals surface area contributed by atoms with E-state index >= 15 is 0 Å². The van der Waals surface area contributed by atoms with Crippen LogP contribution in [0.5, 0.6) is 0 Å². The normalized spacial score (nSPS) is 10.6. The van der Waals surface area contributed by atoms with Crippen LogP contribution in [-0.4, -0.2) is 9.97 Å². The minimum atomic E-state index is -1.51. The van der Waals surface area contributed by atoms with Crippen molar-refractivity contribution in [2.24, 2.45) is 0 Å². The molecule has 0 aliphatic heterocycles. The summed E-state index contributed by atoms with van der Waals surface area (Å²) < 4.78 is 38.9. The maximum absolute atomic E-state index is 13.1. The molecule has 0 spiro atoms. The first kappa shape index (κ1) is 13.6. The van der Waals surface area contributed by atoms with Crippen molar-refractivity contribution in [3.63, 3.8) is 0 Å². The van der Waals surface area contributed by atoms with Gasteiger partial charge in [-0.25, -0.2) is 23.1 Å². The summed E-state index contributed by atoms with van der Waals surface area (Å²) in [6, 6.07) is 3.07. The predicted molar refractivity (Wildman–Crippen MR) is 66.0 cm³/mol. The van der Waals surface area contributed by atoms with Crippen molar-refractivity contribution in [1.82, 2.24) is 9.97 Å². The van der Waals surface area contributed by atoms with Gasteiger partial charge >= 0.3 is 0 Å². The second-order valence-corrected chi connectivity index (χ2v) is 4.11. The highest BCUT2D eigenvalue weighted by Crippen LogP contribution is 2.21. The van der Waals surface area contributed by atoms with E-state index in [9.17, 15) is 13.2 Å². The van der Waals surface area contributed by atoms with Crippen LogP contribution in [0.2, 0.25) is 5.15 Å². The number of nitrogens with one attached hydrogen (secondary N) is 1. The van der Waals surface area contributed by atoms with Crippen molar-refractivity contribution in [2.75, 3.05) is 5.32 Å². The Labute approximate surface area is 112 Å². The Morgan fingerprint density at radius 3 is 2.32 bits per heavy atom. The lowest BCUT2D eigenvalue weighted by molar-refractivity contribution is 0.448. The van der Waals surface area contributed by atoms with Crippen LogP contribution in [-0.2, 0) is 6.42 Å². The number of aromatic nitrogens is 2. The highest BCUT2D eigenvalue weighted by atomic mass is 35.5. The van der Waals surface area contributed by atoms with E-state index in [0.717, 1.165) is 12.1 Å². The van der Waals surface area contributed by atoms with Crippen LogP contribution >= 0.6 is 11.6 Å². The van der Waals surface area contributed by atoms with Gasteiger partial charge in [-0.3, -0.25) is 0 Å². The van der Waals surface area contributed by atoms with Crippen molar-refractivity contribution < 1.29 is 13.2 Å². The summed E-state index contributed by atoms with van der Waals surface area (Å²) in [4.78, 5) is 8.03. The zero-order valence-electron chi connectivity index (χ0n) is 9.85. The first-order chi connectivity index (χ1) is 8.99. The van der Waals surface area contributed by atoms with Crippen molar-refractivity contribution in [3.05, 3.63) is 46.6 Å². The van der Waals surface area contributed by atoms with Crippen LogP contribution in [0.1, 0.15) is 12.7 Å². The van der Waals surface area contributed by atoms with Gasteiger partial charge in [-0.2, -0.15) is 0 Å². The van der Waals surface area contributed by atoms with E-state index in [1.807, 2.05) is 6.92 Å². The van der Waals surface area contributed by atoms with Crippen LogP contribution in [0.4, 0.5) is 24.7 Å². The third-order valence-corrected chi connectivity index (χ3v) is 2.51. The van der Waals surface area contributed by atoms with Gasteiger partial charge in [-0.15, -0.1) is 0 Å². The number of halogens is 4. The summed E-state index contributed by atoms with van der Waals surface area (Å²) in [6.45, 7) is 1.84. The summed E-state index contributed by atoms with van der Waals surface area (Å²) in [5, 5.41) is 2.85. The molecule has 0 saturated carbocycles. The number of nitrogens with zero attached hydrogens (tertiary/aromatic N) is 2. The third-order valence-electron chi connectivity index (χ3n) is 2.31. The zero-order valence-corrected chi connectivity index (χ0v) is 10.6. The number of rotatable bonds is 3. The van der Waals surface area contributed by atoms with Crippen LogP contribution in [0.25, 0.3) is 0 Å². The molecule has 0 atom stereocenters. The van der Waals surface area contributed by atoms with Crippen LogP contribution in [0, 0.1) is 17.5 Å². The SMILES string of the molecule is CCc1nc(Cl)cc(Nc2cc(F)c(F)c(F)c2)n1. The van der Waals surface area contributed by atoms with E-state index in [4.69, 9.17) is 11.6 Å². The van der Waals surface area contributed by atoms with Crippen LogP contribution in [0.3, 0.4) is 0 Å². The largest absolute Gasteiger partial charge is 0.340 e. The quantitative estimate of drug-likeness (QED) is 0.688. The maximum Gasteiger partial charge on any atom is 0.194 e. The molecule has 1 heterocycles. The molecule has 0 fully saturated rings. The Kier molecular flexibility index (Phi) is 3.90. The Bertz CT molecular complexity index is 596. The minimum Gasteiger partial charge on any atom is -0.340 e. The molecule has 0 aliphatic carbocycles. The third kappa shape index (κ3) is 3.14. The molecular weight excluding hydrogens is 279 g/mol. The van der Waals surface area contributed by atoms with Gasteiger partial charge in [0.2, 0.25) is 0 Å². The molecule has 0 saturated heterocycles. The fourth-order valence-corrected chi connectivity index (χ4v) is 1.66. The Morgan fingerprint density at radius 1 is 1.11 bits per heavy atom. The molecule has 0 bridgehead atoms. The molecule has 0 radical (unpaired) electrons. The van der Waals surface area contributed by atoms with Gasteiger partial charge in [0.15, 0.2) is 17.5 Å². The monoisotopic (exact) mass is 287 g/mol. The first-order valence-electron chi connectivity index (χ1n) is 5.44. The number of benzene rings is 1. The average molecular weight is 288 g/mol. The number of hydrogen-bond acceptors (Lipinski definition) is 3. The van der Waals surface area contributed by atoms with Gasteiger partial charge in [0.25, 0.3) is 0 Å². The molecule has 100 valence electrons. The minimum absolute atomic E-state index is 0.0354. The molecule has 0 amide bonds. The second kappa shape index (κ2) is 5.44. The average Bonchev–Trinajstić information content (AvgIpc) is 2.35. The van der Waals surface area contributed by atoms with Crippen LogP contribution < -0.4 is 5.32 Å². The molecule has 1 aromatic heterocycles. The van der Waals surface area contributed by atoms with Gasteiger partial charge in [-0.05, 0) is 0 Å². The Hall–Kier alpha value is -1.82. The summed E-state index contributed by atoms with van der Waals surface area (Å²) in [6.07, 6.45) is 0.557. The summed E-state index contributed by atoms with van der Waals surface area (Å²) in [5.74, 6) is -3.31. The van der Waals surface area contributed by atoms with Gasteiger partial charge in [0.1, 0.15) is 16.8 Å². The summed E-state index contributed by atoms with van der Waals surface area (Å²) in [7, 11) is 0. The number of anilines is 2. The summed E-state index contributed by atoms with van der Waals surface area (Å²) in [5.41, 5.74) is 0.0354. The van der Waals surface area contributed by atoms with E-state index < -0.39 is 17.5 Å². The lowest BCUT2D eigenvalue weighted by Gasteiger charge is -2.08. The lowest BCUT2D eigenvalue weighted by Crippen LogP contribution is -2.01. The predicted octanol–water partition coefficient (Wildman–Crippen LogP) is 3.85. The topological polar surface area (TPSA) is 37.8 Å². The molecule has 3 nitrogen and oxygen atoms in total. The van der Waals surface area contributed by atoms with Gasteiger partial charge in [0, 0.05) is 30.3 Å². The zero-order chi connectivity index (χ0) is 14.0. The highest BCUT2D eigenvalue weighted by Gasteiger charge is 2.11. The molecule has 0 aliphatic rings. The molecular formula is C12H9ClF3N3. The lowest BCUT2D eigenvalue weighted by atomic mass is 10.3. The maximum atomic E-state index is 13.1. The van der Waals surface area contributed by atoms with E-state index in [2.05, 4.69) is 15.3 Å². The van der Waals surface area contributed by atoms with Gasteiger partial charge < -0.3 is 5.32 Å². The van der Waals surface area contributed by atoms with Gasteiger partial charge in [-0.1, -0.05) is 18.5 Å². The van der Waals surface area contributed by atoms with Crippen LogP contribution in [0.15, 0.2) is 18.2 Å². The molecule has 19 heavy (non-hydrogen) atoms. The van der Waals surface area contributed by atoms with Crippen molar-refractivity contribution in [3.8, 4) is 0 Å². The molecule has 1 aromatic carbocycles. The Balaban J connectivity index is 2.33. The smallest absolute Gasteiger partial charge is 0.194 e. The van der Waals surface area contributed by atoms with Crippen molar-refractivity contribution >= 4 is 23.1 Å². The number of aryl methyl sites for hydroxylation is 1. The van der Waals surface area contributed by atoms with E-state index in [0.29, 0.717) is 12.2 Å². The second-order valence-electron chi connectivity index (χ2n) is 3.72.